The van der Waals surface area contributed by atoms with Crippen LogP contribution in [0.15, 0.2) is 59.0 Å². The van der Waals surface area contributed by atoms with Gasteiger partial charge in [0.15, 0.2) is 9.84 Å². The van der Waals surface area contributed by atoms with Gasteiger partial charge in [-0.3, -0.25) is 0 Å². The lowest BCUT2D eigenvalue weighted by Crippen LogP contribution is -1.97. The van der Waals surface area contributed by atoms with Gasteiger partial charge in [-0.15, -0.1) is 12.8 Å². The fourth-order valence-corrected chi connectivity index (χ4v) is 3.21. The van der Waals surface area contributed by atoms with Crippen LogP contribution in [0.3, 0.4) is 0 Å². The van der Waals surface area contributed by atoms with Crippen LogP contribution in [0.4, 0.5) is 0 Å². The fraction of sp³-hybridized carbons (Fsp3) is 0.364. The molecule has 0 radical (unpaired) electrons. The van der Waals surface area contributed by atoms with Gasteiger partial charge in [0, 0.05) is 12.0 Å². The van der Waals surface area contributed by atoms with E-state index in [9.17, 15) is 8.42 Å². The van der Waals surface area contributed by atoms with E-state index in [2.05, 4.69) is 50.3 Å². The summed E-state index contributed by atoms with van der Waals surface area (Å²) >= 11 is 1.80. The average molecular weight is 391 g/mol. The Balaban J connectivity index is 0.00000301. The lowest BCUT2D eigenvalue weighted by Gasteiger charge is -2.09. The van der Waals surface area contributed by atoms with E-state index in [1.165, 1.54) is 17.4 Å². The van der Waals surface area contributed by atoms with Crippen molar-refractivity contribution in [1.29, 1.82) is 0 Å². The second-order valence-corrected chi connectivity index (χ2v) is 8.64. The molecule has 0 aromatic heterocycles. The van der Waals surface area contributed by atoms with E-state index in [-0.39, 0.29) is 0 Å². The summed E-state index contributed by atoms with van der Waals surface area (Å²) in [6.45, 7) is 4.22. The monoisotopic (exact) mass is 390 g/mol. The Hall–Kier alpha value is -1.70. The molecule has 26 heavy (non-hydrogen) atoms. The average Bonchev–Trinajstić information content (AvgIpc) is 2.65. The molecule has 4 heteroatoms. The first-order valence-corrected chi connectivity index (χ1v) is 11.9. The summed E-state index contributed by atoms with van der Waals surface area (Å²) in [4.78, 5) is 0.368. The van der Waals surface area contributed by atoms with Crippen LogP contribution in [0.1, 0.15) is 38.7 Å². The summed E-state index contributed by atoms with van der Waals surface area (Å²) < 4.78 is 23.2. The van der Waals surface area contributed by atoms with Gasteiger partial charge in [0.2, 0.25) is 0 Å². The Morgan fingerprint density at radius 3 is 2.27 bits per heavy atom. The predicted octanol–water partition coefficient (Wildman–Crippen LogP) is 5.78. The van der Waals surface area contributed by atoms with Crippen LogP contribution in [0.25, 0.3) is 5.57 Å². The van der Waals surface area contributed by atoms with Crippen molar-refractivity contribution < 1.29 is 8.42 Å². The van der Waals surface area contributed by atoms with Gasteiger partial charge in [0.05, 0.1) is 4.90 Å². The Morgan fingerprint density at radius 2 is 1.81 bits per heavy atom. The SMILES string of the molecule is C#C.C/C=C(\C=C/CSC)/C=C(/CCCC)c1ccc(S(C)(=O)=O)cc1. The summed E-state index contributed by atoms with van der Waals surface area (Å²) in [5, 5.41) is 0. The van der Waals surface area contributed by atoms with Crippen molar-refractivity contribution in [1.82, 2.24) is 0 Å². The molecule has 0 saturated heterocycles. The number of hydrogen-bond acceptors (Lipinski definition) is 3. The second kappa shape index (κ2) is 13.5. The maximum absolute atomic E-state index is 11.6. The molecule has 0 saturated carbocycles. The van der Waals surface area contributed by atoms with Crippen LogP contribution in [-0.4, -0.2) is 26.7 Å². The summed E-state index contributed by atoms with van der Waals surface area (Å²) in [6, 6.07) is 7.22. The highest BCUT2D eigenvalue weighted by molar-refractivity contribution is 7.98. The largest absolute Gasteiger partial charge is 0.224 e. The number of hydrogen-bond donors (Lipinski definition) is 0. The Morgan fingerprint density at radius 1 is 1.19 bits per heavy atom. The zero-order valence-electron chi connectivity index (χ0n) is 16.2. The summed E-state index contributed by atoms with van der Waals surface area (Å²) in [5.74, 6) is 0.999. The van der Waals surface area contributed by atoms with Crippen LogP contribution in [0.2, 0.25) is 0 Å². The highest BCUT2D eigenvalue weighted by Gasteiger charge is 2.08. The molecule has 0 N–H and O–H groups in total. The smallest absolute Gasteiger partial charge is 0.175 e. The molecule has 1 aromatic carbocycles. The standard InChI is InChI=1S/C20H28O2S2.C2H2/c1-5-7-10-19(16-17(6-2)9-8-15-23-3)18-11-13-20(14-12-18)24(4,21)22;1-2/h6,8-9,11-14,16H,5,7,10,15H2,1-4H3;1-2H/b9-8-,17-6+,19-16-;. The Bertz CT molecular complexity index is 734. The van der Waals surface area contributed by atoms with Crippen LogP contribution >= 0.6 is 11.8 Å². The van der Waals surface area contributed by atoms with Crippen molar-refractivity contribution >= 4 is 27.2 Å². The minimum absolute atomic E-state index is 0.368. The molecule has 0 aliphatic carbocycles. The quantitative estimate of drug-likeness (QED) is 0.396. The van der Waals surface area contributed by atoms with E-state index in [1.54, 1.807) is 23.9 Å². The molecule has 0 aliphatic rings. The van der Waals surface area contributed by atoms with E-state index in [0.717, 1.165) is 30.6 Å². The molecule has 0 unspecified atom stereocenters. The zero-order valence-corrected chi connectivity index (χ0v) is 17.9. The van der Waals surface area contributed by atoms with Gasteiger partial charge in [-0.05, 0) is 54.9 Å². The third kappa shape index (κ3) is 9.12. The first-order chi connectivity index (χ1) is 12.4. The maximum atomic E-state index is 11.6. The third-order valence-electron chi connectivity index (χ3n) is 3.70. The first-order valence-electron chi connectivity index (χ1n) is 8.58. The minimum Gasteiger partial charge on any atom is -0.224 e. The summed E-state index contributed by atoms with van der Waals surface area (Å²) in [7, 11) is -3.15. The topological polar surface area (TPSA) is 34.1 Å². The van der Waals surface area contributed by atoms with Crippen LogP contribution in [0, 0.1) is 12.8 Å². The molecule has 0 fully saturated rings. The van der Waals surface area contributed by atoms with E-state index in [1.807, 2.05) is 19.1 Å². The van der Waals surface area contributed by atoms with Gasteiger partial charge >= 0.3 is 0 Å². The van der Waals surface area contributed by atoms with Crippen molar-refractivity contribution in [3.8, 4) is 12.8 Å². The summed E-state index contributed by atoms with van der Waals surface area (Å²) in [6.07, 6.45) is 23.2. The highest BCUT2D eigenvalue weighted by atomic mass is 32.2. The molecule has 0 bridgehead atoms. The molecule has 2 nitrogen and oxygen atoms in total. The molecule has 0 amide bonds. The number of thioether (sulfide) groups is 1. The lowest BCUT2D eigenvalue weighted by atomic mass is 9.97. The van der Waals surface area contributed by atoms with Gasteiger partial charge in [-0.25, -0.2) is 8.42 Å². The van der Waals surface area contributed by atoms with Gasteiger partial charge in [-0.1, -0.05) is 49.8 Å². The number of rotatable bonds is 9. The maximum Gasteiger partial charge on any atom is 0.175 e. The minimum atomic E-state index is -3.15. The molecule has 1 rings (SSSR count). The zero-order chi connectivity index (χ0) is 20.0. The molecule has 1 aromatic rings. The van der Waals surface area contributed by atoms with Gasteiger partial charge in [0.25, 0.3) is 0 Å². The number of unbranched alkanes of at least 4 members (excludes halogenated alkanes) is 1. The molecule has 0 heterocycles. The number of benzene rings is 1. The number of terminal acetylenes is 1. The Kier molecular flexibility index (Phi) is 12.6. The van der Waals surface area contributed by atoms with Crippen molar-refractivity contribution in [2.75, 3.05) is 18.3 Å². The van der Waals surface area contributed by atoms with E-state index >= 15 is 0 Å². The summed E-state index contributed by atoms with van der Waals surface area (Å²) in [5.41, 5.74) is 3.52. The normalized spacial score (nSPS) is 12.7. The lowest BCUT2D eigenvalue weighted by molar-refractivity contribution is 0.602. The molecule has 0 aliphatic heterocycles. The third-order valence-corrected chi connectivity index (χ3v) is 5.35. The molecule has 0 spiro atoms. The van der Waals surface area contributed by atoms with E-state index in [4.69, 9.17) is 0 Å². The van der Waals surface area contributed by atoms with Gasteiger partial charge in [-0.2, -0.15) is 11.8 Å². The molecular weight excluding hydrogens is 360 g/mol. The van der Waals surface area contributed by atoms with Crippen molar-refractivity contribution in [2.45, 2.75) is 38.0 Å². The van der Waals surface area contributed by atoms with Crippen molar-refractivity contribution in [3.05, 3.63) is 59.7 Å². The van der Waals surface area contributed by atoms with Crippen LogP contribution < -0.4 is 0 Å². The van der Waals surface area contributed by atoms with E-state index in [0.29, 0.717) is 4.90 Å². The van der Waals surface area contributed by atoms with Gasteiger partial charge < -0.3 is 0 Å². The molecule has 0 atom stereocenters. The predicted molar refractivity (Wildman–Crippen MR) is 118 cm³/mol. The van der Waals surface area contributed by atoms with Crippen LogP contribution in [-0.2, 0) is 9.84 Å². The van der Waals surface area contributed by atoms with Gasteiger partial charge in [0.1, 0.15) is 0 Å². The Labute approximate surface area is 164 Å². The van der Waals surface area contributed by atoms with Crippen molar-refractivity contribution in [2.24, 2.45) is 0 Å². The number of sulfone groups is 1. The van der Waals surface area contributed by atoms with E-state index < -0.39 is 9.84 Å². The second-order valence-electron chi connectivity index (χ2n) is 5.72. The van der Waals surface area contributed by atoms with Crippen molar-refractivity contribution in [3.63, 3.8) is 0 Å². The first kappa shape index (κ1) is 24.3. The highest BCUT2D eigenvalue weighted by Crippen LogP contribution is 2.24. The van der Waals surface area contributed by atoms with Crippen LogP contribution in [0.5, 0.6) is 0 Å². The number of allylic oxidation sites excluding steroid dienone is 5. The fourth-order valence-electron chi connectivity index (χ4n) is 2.29. The molecule has 142 valence electrons. The molecular formula is C22H30O2S2.